The molecule has 0 saturated heterocycles. The van der Waals surface area contributed by atoms with Gasteiger partial charge < -0.3 is 15.2 Å². The molecule has 1 aromatic carbocycles. The molecule has 92 valence electrons. The molecular weight excluding hydrogens is 214 g/mol. The minimum absolute atomic E-state index is 0.120. The van der Waals surface area contributed by atoms with Crippen molar-refractivity contribution < 1.29 is 9.47 Å². The highest BCUT2D eigenvalue weighted by atomic mass is 16.6. The van der Waals surface area contributed by atoms with E-state index in [1.807, 2.05) is 12.1 Å². The fourth-order valence-corrected chi connectivity index (χ4v) is 2.39. The average Bonchev–Trinajstić information content (AvgIpc) is 2.95. The van der Waals surface area contributed by atoms with Gasteiger partial charge in [-0.05, 0) is 32.8 Å². The van der Waals surface area contributed by atoms with E-state index in [4.69, 9.17) is 15.2 Å². The molecule has 0 amide bonds. The molecule has 3 rings (SSSR count). The Morgan fingerprint density at radius 2 is 2.12 bits per heavy atom. The summed E-state index contributed by atoms with van der Waals surface area (Å²) in [5.74, 6) is 1.77. The van der Waals surface area contributed by atoms with Crippen LogP contribution in [0.15, 0.2) is 18.2 Å². The minimum Gasteiger partial charge on any atom is -0.483 e. The van der Waals surface area contributed by atoms with Gasteiger partial charge in [0.2, 0.25) is 0 Å². The van der Waals surface area contributed by atoms with Crippen LogP contribution >= 0.6 is 0 Å². The molecule has 0 atom stereocenters. The molecule has 1 saturated carbocycles. The second kappa shape index (κ2) is 3.39. The Kier molecular flexibility index (Phi) is 2.17. The SMILES string of the molecule is CC1(C)Cc2cccc(OC3(CN)CC3)c2O1. The summed E-state index contributed by atoms with van der Waals surface area (Å²) in [4.78, 5) is 0. The lowest BCUT2D eigenvalue weighted by atomic mass is 10.0. The first-order valence-electron chi connectivity index (χ1n) is 6.24. The van der Waals surface area contributed by atoms with Crippen molar-refractivity contribution >= 4 is 0 Å². The first-order chi connectivity index (χ1) is 8.04. The van der Waals surface area contributed by atoms with E-state index in [0.29, 0.717) is 6.54 Å². The Labute approximate surface area is 102 Å². The van der Waals surface area contributed by atoms with Crippen molar-refractivity contribution in [2.24, 2.45) is 5.73 Å². The molecule has 1 fully saturated rings. The molecule has 0 bridgehead atoms. The monoisotopic (exact) mass is 233 g/mol. The zero-order valence-corrected chi connectivity index (χ0v) is 10.5. The lowest BCUT2D eigenvalue weighted by Gasteiger charge is -2.20. The number of para-hydroxylation sites is 1. The largest absolute Gasteiger partial charge is 0.483 e. The van der Waals surface area contributed by atoms with E-state index in [-0.39, 0.29) is 11.2 Å². The third-order valence-electron chi connectivity index (χ3n) is 3.56. The van der Waals surface area contributed by atoms with Crippen LogP contribution in [0.25, 0.3) is 0 Å². The molecule has 17 heavy (non-hydrogen) atoms. The lowest BCUT2D eigenvalue weighted by Crippen LogP contribution is -2.29. The summed E-state index contributed by atoms with van der Waals surface area (Å²) >= 11 is 0. The second-order valence-electron chi connectivity index (χ2n) is 5.77. The van der Waals surface area contributed by atoms with Gasteiger partial charge in [-0.15, -0.1) is 0 Å². The summed E-state index contributed by atoms with van der Waals surface area (Å²) in [7, 11) is 0. The van der Waals surface area contributed by atoms with Crippen LogP contribution in [0, 0.1) is 0 Å². The number of hydrogen-bond acceptors (Lipinski definition) is 3. The zero-order valence-electron chi connectivity index (χ0n) is 10.5. The highest BCUT2D eigenvalue weighted by molar-refractivity contribution is 5.50. The summed E-state index contributed by atoms with van der Waals surface area (Å²) in [6, 6.07) is 6.13. The molecule has 1 aromatic rings. The number of rotatable bonds is 3. The molecule has 3 heteroatoms. The standard InChI is InChI=1S/C14H19NO2/c1-13(2)8-10-4-3-5-11(12(10)17-13)16-14(9-15)6-7-14/h3-5H,6-9,15H2,1-2H3. The highest BCUT2D eigenvalue weighted by Crippen LogP contribution is 2.46. The van der Waals surface area contributed by atoms with Crippen molar-refractivity contribution in [3.63, 3.8) is 0 Å². The third kappa shape index (κ3) is 1.89. The first kappa shape index (κ1) is 10.9. The summed E-state index contributed by atoms with van der Waals surface area (Å²) in [5, 5.41) is 0. The van der Waals surface area contributed by atoms with Gasteiger partial charge in [0.15, 0.2) is 11.5 Å². The molecule has 1 aliphatic heterocycles. The summed E-state index contributed by atoms with van der Waals surface area (Å²) in [5.41, 5.74) is 6.74. The number of hydrogen-bond donors (Lipinski definition) is 1. The van der Waals surface area contributed by atoms with Crippen LogP contribution in [-0.2, 0) is 6.42 Å². The summed E-state index contributed by atoms with van der Waals surface area (Å²) < 4.78 is 12.0. The molecule has 0 radical (unpaired) electrons. The maximum absolute atomic E-state index is 6.05. The van der Waals surface area contributed by atoms with Gasteiger partial charge in [0.05, 0.1) is 0 Å². The molecule has 2 N–H and O–H groups in total. The predicted molar refractivity (Wildman–Crippen MR) is 66.5 cm³/mol. The van der Waals surface area contributed by atoms with Crippen LogP contribution in [0.2, 0.25) is 0 Å². The van der Waals surface area contributed by atoms with Crippen molar-refractivity contribution in [2.45, 2.75) is 44.3 Å². The minimum atomic E-state index is -0.124. The molecule has 2 aliphatic rings. The Morgan fingerprint density at radius 1 is 1.35 bits per heavy atom. The fraction of sp³-hybridized carbons (Fsp3) is 0.571. The van der Waals surface area contributed by atoms with Gasteiger partial charge in [0.1, 0.15) is 11.2 Å². The topological polar surface area (TPSA) is 44.5 Å². The van der Waals surface area contributed by atoms with Crippen LogP contribution in [0.1, 0.15) is 32.3 Å². The van der Waals surface area contributed by atoms with E-state index in [9.17, 15) is 0 Å². The molecule has 0 spiro atoms. The van der Waals surface area contributed by atoms with Gasteiger partial charge in [-0.1, -0.05) is 12.1 Å². The smallest absolute Gasteiger partial charge is 0.165 e. The molecule has 1 heterocycles. The Balaban J connectivity index is 1.90. The number of fused-ring (bicyclic) bond motifs is 1. The van der Waals surface area contributed by atoms with Gasteiger partial charge in [-0.25, -0.2) is 0 Å². The van der Waals surface area contributed by atoms with Crippen LogP contribution in [0.3, 0.4) is 0 Å². The number of ether oxygens (including phenoxy) is 2. The Morgan fingerprint density at radius 3 is 2.76 bits per heavy atom. The van der Waals surface area contributed by atoms with Gasteiger partial charge in [0, 0.05) is 18.5 Å². The van der Waals surface area contributed by atoms with E-state index < -0.39 is 0 Å². The normalized spacial score (nSPS) is 22.8. The summed E-state index contributed by atoms with van der Waals surface area (Å²) in [6.45, 7) is 4.79. The first-order valence-corrected chi connectivity index (χ1v) is 6.24. The van der Waals surface area contributed by atoms with Gasteiger partial charge in [0.25, 0.3) is 0 Å². The van der Waals surface area contributed by atoms with Crippen LogP contribution in [-0.4, -0.2) is 17.7 Å². The lowest BCUT2D eigenvalue weighted by molar-refractivity contribution is 0.122. The van der Waals surface area contributed by atoms with Crippen molar-refractivity contribution in [1.29, 1.82) is 0 Å². The van der Waals surface area contributed by atoms with E-state index in [2.05, 4.69) is 19.9 Å². The maximum atomic E-state index is 6.05. The second-order valence-corrected chi connectivity index (χ2v) is 5.77. The van der Waals surface area contributed by atoms with E-state index in [0.717, 1.165) is 30.8 Å². The molecule has 0 aromatic heterocycles. The molecule has 1 aliphatic carbocycles. The molecule has 3 nitrogen and oxygen atoms in total. The van der Waals surface area contributed by atoms with Gasteiger partial charge in [-0.2, -0.15) is 0 Å². The van der Waals surface area contributed by atoms with E-state index >= 15 is 0 Å². The van der Waals surface area contributed by atoms with Crippen LogP contribution in [0.5, 0.6) is 11.5 Å². The van der Waals surface area contributed by atoms with Crippen molar-refractivity contribution in [3.05, 3.63) is 23.8 Å². The van der Waals surface area contributed by atoms with Crippen LogP contribution in [0.4, 0.5) is 0 Å². The maximum Gasteiger partial charge on any atom is 0.165 e. The van der Waals surface area contributed by atoms with Gasteiger partial charge >= 0.3 is 0 Å². The Hall–Kier alpha value is -1.22. The third-order valence-corrected chi connectivity index (χ3v) is 3.56. The fourth-order valence-electron chi connectivity index (χ4n) is 2.39. The molecule has 0 unspecified atom stereocenters. The Bertz CT molecular complexity index is 450. The van der Waals surface area contributed by atoms with Crippen molar-refractivity contribution in [1.82, 2.24) is 0 Å². The highest BCUT2D eigenvalue weighted by Gasteiger charge is 2.45. The summed E-state index contributed by atoms with van der Waals surface area (Å²) in [6.07, 6.45) is 3.04. The van der Waals surface area contributed by atoms with Crippen molar-refractivity contribution in [2.75, 3.05) is 6.54 Å². The zero-order chi connectivity index (χ0) is 12.1. The molecular formula is C14H19NO2. The quantitative estimate of drug-likeness (QED) is 0.871. The number of nitrogens with two attached hydrogens (primary N) is 1. The van der Waals surface area contributed by atoms with Gasteiger partial charge in [-0.3, -0.25) is 0 Å². The van der Waals surface area contributed by atoms with Crippen LogP contribution < -0.4 is 15.2 Å². The van der Waals surface area contributed by atoms with E-state index in [1.54, 1.807) is 0 Å². The van der Waals surface area contributed by atoms with E-state index in [1.165, 1.54) is 5.56 Å². The average molecular weight is 233 g/mol. The van der Waals surface area contributed by atoms with Crippen molar-refractivity contribution in [3.8, 4) is 11.5 Å². The number of benzene rings is 1. The predicted octanol–water partition coefficient (Wildman–Crippen LogP) is 2.27.